The van der Waals surface area contributed by atoms with Crippen molar-refractivity contribution in [3.05, 3.63) is 11.6 Å². The lowest BCUT2D eigenvalue weighted by Gasteiger charge is -2.26. The summed E-state index contributed by atoms with van der Waals surface area (Å²) in [5.41, 5.74) is 0. The number of hydrogen-bond acceptors (Lipinski definition) is 3. The van der Waals surface area contributed by atoms with Gasteiger partial charge in [-0.25, -0.2) is 0 Å². The molecule has 0 bridgehead atoms. The number of aromatic nitrogens is 3. The van der Waals surface area contributed by atoms with Crippen molar-refractivity contribution in [2.45, 2.75) is 57.8 Å². The minimum absolute atomic E-state index is 0.0296. The van der Waals surface area contributed by atoms with E-state index in [1.54, 1.807) is 0 Å². The standard InChI is InChI=1S/C14H19F3N4O/c15-14(16,17)10-5-6-11-19-20-12(21(11)8-10)7-18-13(22)9-3-1-2-4-9/h9-10H,1-8H2,(H,18,22)/t10-/m1/s1. The molecular weight excluding hydrogens is 297 g/mol. The molecule has 1 aromatic rings. The fraction of sp³-hybridized carbons (Fsp3) is 0.786. The summed E-state index contributed by atoms with van der Waals surface area (Å²) in [6, 6.07) is 0. The van der Waals surface area contributed by atoms with Crippen LogP contribution in [0.1, 0.15) is 43.8 Å². The Hall–Kier alpha value is -1.60. The molecule has 8 heteroatoms. The molecule has 1 saturated carbocycles. The second-order valence-electron chi connectivity index (χ2n) is 6.12. The van der Waals surface area contributed by atoms with Gasteiger partial charge in [-0.05, 0) is 19.3 Å². The van der Waals surface area contributed by atoms with Crippen molar-refractivity contribution in [2.75, 3.05) is 0 Å². The topological polar surface area (TPSA) is 59.8 Å². The summed E-state index contributed by atoms with van der Waals surface area (Å²) >= 11 is 0. The molecule has 1 aromatic heterocycles. The number of nitrogens with one attached hydrogen (secondary N) is 1. The van der Waals surface area contributed by atoms with Crippen molar-refractivity contribution >= 4 is 5.91 Å². The smallest absolute Gasteiger partial charge is 0.349 e. The number of halogens is 3. The van der Waals surface area contributed by atoms with Gasteiger partial charge < -0.3 is 9.88 Å². The van der Waals surface area contributed by atoms with Crippen molar-refractivity contribution in [1.82, 2.24) is 20.1 Å². The van der Waals surface area contributed by atoms with Gasteiger partial charge in [-0.15, -0.1) is 10.2 Å². The van der Waals surface area contributed by atoms with Gasteiger partial charge in [-0.1, -0.05) is 12.8 Å². The fourth-order valence-electron chi connectivity index (χ4n) is 3.28. The highest BCUT2D eigenvalue weighted by Gasteiger charge is 2.42. The lowest BCUT2D eigenvalue weighted by Crippen LogP contribution is -2.34. The number of alkyl halides is 3. The zero-order chi connectivity index (χ0) is 15.7. The van der Waals surface area contributed by atoms with Crippen LogP contribution < -0.4 is 5.32 Å². The van der Waals surface area contributed by atoms with Gasteiger partial charge in [0.2, 0.25) is 5.91 Å². The SMILES string of the molecule is O=C(NCc1nnc2n1C[C@H](C(F)(F)F)CC2)C1CCCC1. The molecule has 5 nitrogen and oxygen atoms in total. The van der Waals surface area contributed by atoms with Crippen LogP contribution in [0, 0.1) is 11.8 Å². The average Bonchev–Trinajstić information content (AvgIpc) is 3.13. The molecule has 1 aliphatic heterocycles. The molecule has 122 valence electrons. The average molecular weight is 316 g/mol. The molecule has 1 aliphatic carbocycles. The first-order chi connectivity index (χ1) is 10.4. The molecular formula is C14H19F3N4O. The Morgan fingerprint density at radius 1 is 1.23 bits per heavy atom. The molecule has 0 spiro atoms. The van der Waals surface area contributed by atoms with Crippen LogP contribution in [0.15, 0.2) is 0 Å². The lowest BCUT2D eigenvalue weighted by molar-refractivity contribution is -0.182. The number of fused-ring (bicyclic) bond motifs is 1. The Bertz CT molecular complexity index is 549. The van der Waals surface area contributed by atoms with Crippen molar-refractivity contribution in [2.24, 2.45) is 11.8 Å². The van der Waals surface area contributed by atoms with E-state index >= 15 is 0 Å². The van der Waals surface area contributed by atoms with Gasteiger partial charge in [-0.2, -0.15) is 13.2 Å². The third kappa shape index (κ3) is 3.10. The maximum Gasteiger partial charge on any atom is 0.393 e. The van der Waals surface area contributed by atoms with Crippen molar-refractivity contribution in [1.29, 1.82) is 0 Å². The molecule has 0 radical (unpaired) electrons. The van der Waals surface area contributed by atoms with Gasteiger partial charge in [0.05, 0.1) is 12.5 Å². The molecule has 3 rings (SSSR count). The van der Waals surface area contributed by atoms with Crippen molar-refractivity contribution < 1.29 is 18.0 Å². The highest BCUT2D eigenvalue weighted by molar-refractivity contribution is 5.78. The van der Waals surface area contributed by atoms with E-state index in [-0.39, 0.29) is 37.8 Å². The largest absolute Gasteiger partial charge is 0.393 e. The van der Waals surface area contributed by atoms with E-state index in [1.165, 1.54) is 4.57 Å². The van der Waals surface area contributed by atoms with Crippen LogP contribution in [0.4, 0.5) is 13.2 Å². The quantitative estimate of drug-likeness (QED) is 0.930. The normalized spacial score (nSPS) is 22.6. The van der Waals surface area contributed by atoms with E-state index in [4.69, 9.17) is 0 Å². The van der Waals surface area contributed by atoms with Gasteiger partial charge in [0, 0.05) is 18.9 Å². The first kappa shape index (κ1) is 15.3. The maximum atomic E-state index is 12.9. The second kappa shape index (κ2) is 5.89. The number of amides is 1. The summed E-state index contributed by atoms with van der Waals surface area (Å²) < 4.78 is 40.1. The minimum atomic E-state index is -4.20. The zero-order valence-electron chi connectivity index (χ0n) is 12.2. The fourth-order valence-corrected chi connectivity index (χ4v) is 3.28. The van der Waals surface area contributed by atoms with E-state index < -0.39 is 12.1 Å². The molecule has 1 N–H and O–H groups in total. The van der Waals surface area contributed by atoms with Crippen LogP contribution in [0.3, 0.4) is 0 Å². The molecule has 2 aliphatic rings. The number of carbonyl (C=O) groups is 1. The monoisotopic (exact) mass is 316 g/mol. The van der Waals surface area contributed by atoms with E-state index in [0.717, 1.165) is 25.7 Å². The molecule has 1 amide bonds. The van der Waals surface area contributed by atoms with Crippen molar-refractivity contribution in [3.8, 4) is 0 Å². The number of hydrogen-bond donors (Lipinski definition) is 1. The molecule has 0 saturated heterocycles. The molecule has 22 heavy (non-hydrogen) atoms. The van der Waals surface area contributed by atoms with Gasteiger partial charge in [0.25, 0.3) is 0 Å². The van der Waals surface area contributed by atoms with Crippen LogP contribution in [-0.4, -0.2) is 26.8 Å². The predicted molar refractivity (Wildman–Crippen MR) is 71.7 cm³/mol. The first-order valence-corrected chi connectivity index (χ1v) is 7.70. The summed E-state index contributed by atoms with van der Waals surface area (Å²) in [5.74, 6) is -0.370. The first-order valence-electron chi connectivity index (χ1n) is 7.70. The van der Waals surface area contributed by atoms with Crippen LogP contribution >= 0.6 is 0 Å². The lowest BCUT2D eigenvalue weighted by atomic mass is 9.99. The Morgan fingerprint density at radius 3 is 2.64 bits per heavy atom. The number of rotatable bonds is 3. The van der Waals surface area contributed by atoms with E-state index in [0.29, 0.717) is 11.6 Å². The van der Waals surface area contributed by atoms with E-state index in [9.17, 15) is 18.0 Å². The van der Waals surface area contributed by atoms with Gasteiger partial charge >= 0.3 is 6.18 Å². The van der Waals surface area contributed by atoms with Crippen LogP contribution in [0.25, 0.3) is 0 Å². The van der Waals surface area contributed by atoms with Gasteiger partial charge in [0.15, 0.2) is 5.82 Å². The summed E-state index contributed by atoms with van der Waals surface area (Å²) in [6.07, 6.45) is 0.0212. The van der Waals surface area contributed by atoms with Gasteiger partial charge in [0.1, 0.15) is 5.82 Å². The van der Waals surface area contributed by atoms with E-state index in [1.807, 2.05) is 0 Å². The summed E-state index contributed by atoms with van der Waals surface area (Å²) in [6.45, 7) is -0.00657. The highest BCUT2D eigenvalue weighted by Crippen LogP contribution is 2.34. The minimum Gasteiger partial charge on any atom is -0.349 e. The molecule has 1 fully saturated rings. The van der Waals surface area contributed by atoms with Crippen LogP contribution in [-0.2, 0) is 24.3 Å². The second-order valence-corrected chi connectivity index (χ2v) is 6.12. The Kier molecular flexibility index (Phi) is 4.10. The Balaban J connectivity index is 1.64. The third-order valence-corrected chi connectivity index (χ3v) is 4.63. The van der Waals surface area contributed by atoms with Crippen LogP contribution in [0.2, 0.25) is 0 Å². The predicted octanol–water partition coefficient (Wildman–Crippen LogP) is 2.21. The number of nitrogens with zero attached hydrogens (tertiary/aromatic N) is 3. The summed E-state index contributed by atoms with van der Waals surface area (Å²) in [7, 11) is 0. The summed E-state index contributed by atoms with van der Waals surface area (Å²) in [5, 5.41) is 10.7. The van der Waals surface area contributed by atoms with Crippen molar-refractivity contribution in [3.63, 3.8) is 0 Å². The molecule has 0 aromatic carbocycles. The Labute approximate surface area is 126 Å². The van der Waals surface area contributed by atoms with E-state index in [2.05, 4.69) is 15.5 Å². The maximum absolute atomic E-state index is 12.9. The zero-order valence-corrected chi connectivity index (χ0v) is 12.2. The van der Waals surface area contributed by atoms with Gasteiger partial charge in [-0.3, -0.25) is 4.79 Å². The highest BCUT2D eigenvalue weighted by atomic mass is 19.4. The molecule has 1 atom stereocenters. The number of aryl methyl sites for hydroxylation is 1. The Morgan fingerprint density at radius 2 is 1.95 bits per heavy atom. The summed E-state index contributed by atoms with van der Waals surface area (Å²) in [4.78, 5) is 12.0. The molecule has 0 unspecified atom stereocenters. The number of carbonyl (C=O) groups excluding carboxylic acids is 1. The third-order valence-electron chi connectivity index (χ3n) is 4.63. The van der Waals surface area contributed by atoms with Crippen LogP contribution in [0.5, 0.6) is 0 Å². The molecule has 2 heterocycles.